The predicted octanol–water partition coefficient (Wildman–Crippen LogP) is 1.27. The van der Waals surface area contributed by atoms with Gasteiger partial charge in [0.15, 0.2) is 5.96 Å². The summed E-state index contributed by atoms with van der Waals surface area (Å²) in [4.78, 5) is 30.4. The van der Waals surface area contributed by atoms with E-state index in [4.69, 9.17) is 0 Å². The fourth-order valence-corrected chi connectivity index (χ4v) is 3.15. The number of nitrogens with one attached hydrogen (secondary N) is 3. The van der Waals surface area contributed by atoms with Crippen molar-refractivity contribution < 1.29 is 9.59 Å². The van der Waals surface area contributed by atoms with E-state index in [1.54, 1.807) is 0 Å². The Balaban J connectivity index is 0.00000280. The lowest BCUT2D eigenvalue weighted by Gasteiger charge is -2.28. The number of benzene rings is 1. The van der Waals surface area contributed by atoms with Crippen molar-refractivity contribution in [3.8, 4) is 0 Å². The third-order valence-electron chi connectivity index (χ3n) is 4.86. The average molecular weight is 499 g/mol. The summed E-state index contributed by atoms with van der Waals surface area (Å²) >= 11 is 0. The number of amides is 2. The van der Waals surface area contributed by atoms with Crippen LogP contribution in [-0.2, 0) is 22.6 Å². The number of halogens is 1. The van der Waals surface area contributed by atoms with Crippen LogP contribution in [0.4, 0.5) is 0 Å². The maximum atomic E-state index is 12.5. The van der Waals surface area contributed by atoms with E-state index in [1.807, 2.05) is 24.0 Å². The molecular formula is C20H30IN5O2. The summed E-state index contributed by atoms with van der Waals surface area (Å²) in [6, 6.07) is 8.27. The minimum Gasteiger partial charge on any atom is -0.357 e. The molecule has 2 aliphatic rings. The number of fused-ring (bicyclic) bond motifs is 1. The molecule has 1 aliphatic heterocycles. The van der Waals surface area contributed by atoms with Crippen molar-refractivity contribution in [2.24, 2.45) is 10.9 Å². The van der Waals surface area contributed by atoms with Crippen molar-refractivity contribution >= 4 is 41.8 Å². The summed E-state index contributed by atoms with van der Waals surface area (Å²) in [7, 11) is 0. The van der Waals surface area contributed by atoms with Gasteiger partial charge in [0.05, 0.1) is 0 Å². The Morgan fingerprint density at radius 3 is 2.54 bits per heavy atom. The Kier molecular flexibility index (Phi) is 9.01. The molecule has 28 heavy (non-hydrogen) atoms. The first kappa shape index (κ1) is 22.4. The first-order valence-corrected chi connectivity index (χ1v) is 9.82. The zero-order valence-electron chi connectivity index (χ0n) is 16.4. The molecule has 7 nitrogen and oxygen atoms in total. The molecule has 2 amide bonds. The van der Waals surface area contributed by atoms with Crippen LogP contribution in [0.3, 0.4) is 0 Å². The monoisotopic (exact) mass is 499 g/mol. The first-order valence-electron chi connectivity index (χ1n) is 9.82. The van der Waals surface area contributed by atoms with E-state index < -0.39 is 0 Å². The summed E-state index contributed by atoms with van der Waals surface area (Å²) < 4.78 is 0. The number of hydrogen-bond acceptors (Lipinski definition) is 3. The summed E-state index contributed by atoms with van der Waals surface area (Å²) in [6.07, 6.45) is 2.91. The minimum absolute atomic E-state index is 0. The number of hydrogen-bond donors (Lipinski definition) is 3. The fraction of sp³-hybridized carbons (Fsp3) is 0.550. The van der Waals surface area contributed by atoms with Gasteiger partial charge in [0, 0.05) is 38.6 Å². The molecule has 1 saturated carbocycles. The number of carbonyl (C=O) groups is 2. The number of guanidine groups is 1. The number of aliphatic imine (C=N–C) groups is 1. The van der Waals surface area contributed by atoms with Gasteiger partial charge in [-0.25, -0.2) is 4.99 Å². The Bertz CT molecular complexity index is 706. The smallest absolute Gasteiger partial charge is 0.244 e. The van der Waals surface area contributed by atoms with Gasteiger partial charge >= 0.3 is 0 Å². The third kappa shape index (κ3) is 6.65. The summed E-state index contributed by atoms with van der Waals surface area (Å²) in [5, 5.41) is 9.21. The van der Waals surface area contributed by atoms with Crippen LogP contribution in [0.5, 0.6) is 0 Å². The zero-order valence-corrected chi connectivity index (χ0v) is 18.7. The van der Waals surface area contributed by atoms with Crippen LogP contribution in [0.1, 0.15) is 30.9 Å². The highest BCUT2D eigenvalue weighted by atomic mass is 127. The van der Waals surface area contributed by atoms with E-state index in [0.29, 0.717) is 32.1 Å². The van der Waals surface area contributed by atoms with Crippen LogP contribution in [0.25, 0.3) is 0 Å². The van der Waals surface area contributed by atoms with Crippen LogP contribution in [-0.4, -0.2) is 55.4 Å². The van der Waals surface area contributed by atoms with E-state index in [0.717, 1.165) is 25.8 Å². The predicted molar refractivity (Wildman–Crippen MR) is 121 cm³/mol. The van der Waals surface area contributed by atoms with Crippen molar-refractivity contribution in [1.82, 2.24) is 20.9 Å². The van der Waals surface area contributed by atoms with Gasteiger partial charge in [-0.3, -0.25) is 9.59 Å². The molecule has 0 bridgehead atoms. The number of rotatable bonds is 7. The van der Waals surface area contributed by atoms with Gasteiger partial charge in [-0.05, 0) is 37.3 Å². The minimum atomic E-state index is 0. The van der Waals surface area contributed by atoms with Gasteiger partial charge < -0.3 is 20.9 Å². The Labute approximate surface area is 183 Å². The second kappa shape index (κ2) is 11.2. The van der Waals surface area contributed by atoms with Crippen LogP contribution in [0, 0.1) is 5.92 Å². The van der Waals surface area contributed by atoms with Crippen molar-refractivity contribution in [3.05, 3.63) is 35.4 Å². The van der Waals surface area contributed by atoms with E-state index >= 15 is 0 Å². The second-order valence-electron chi connectivity index (χ2n) is 7.02. The number of carbonyl (C=O) groups excluding carboxylic acids is 2. The van der Waals surface area contributed by atoms with Crippen LogP contribution >= 0.6 is 24.0 Å². The fourth-order valence-electron chi connectivity index (χ4n) is 3.15. The van der Waals surface area contributed by atoms with Crippen molar-refractivity contribution in [2.45, 2.75) is 32.7 Å². The third-order valence-corrected chi connectivity index (χ3v) is 4.86. The average Bonchev–Trinajstić information content (AvgIpc) is 3.53. The lowest BCUT2D eigenvalue weighted by atomic mass is 10.00. The maximum absolute atomic E-state index is 12.5. The molecule has 0 radical (unpaired) electrons. The second-order valence-corrected chi connectivity index (χ2v) is 7.02. The quantitative estimate of drug-likeness (QED) is 0.228. The zero-order chi connectivity index (χ0) is 19.1. The molecule has 3 rings (SSSR count). The van der Waals surface area contributed by atoms with Crippen molar-refractivity contribution in [3.63, 3.8) is 0 Å². The summed E-state index contributed by atoms with van der Waals surface area (Å²) in [5.41, 5.74) is 2.55. The molecule has 3 N–H and O–H groups in total. The van der Waals surface area contributed by atoms with Gasteiger partial charge in [0.25, 0.3) is 0 Å². The Hall–Kier alpha value is -1.84. The van der Waals surface area contributed by atoms with E-state index in [2.05, 4.69) is 33.1 Å². The first-order chi connectivity index (χ1) is 13.2. The largest absolute Gasteiger partial charge is 0.357 e. The SMILES string of the molecule is CCNC(=NCC(=O)N1CCc2ccccc2C1)NCCNC(=O)C1CC1.I. The molecule has 1 heterocycles. The van der Waals surface area contributed by atoms with Gasteiger partial charge in [0.2, 0.25) is 11.8 Å². The van der Waals surface area contributed by atoms with E-state index in [9.17, 15) is 9.59 Å². The molecule has 0 saturated heterocycles. The van der Waals surface area contributed by atoms with Crippen LogP contribution < -0.4 is 16.0 Å². The molecule has 0 spiro atoms. The van der Waals surface area contributed by atoms with Crippen LogP contribution in [0.2, 0.25) is 0 Å². The standard InChI is InChI=1S/C20H29N5O2.HI/c1-2-21-20(23-11-10-22-19(27)16-7-8-16)24-13-18(26)25-12-9-15-5-3-4-6-17(15)14-25;/h3-6,16H,2,7-14H2,1H3,(H,22,27)(H2,21,23,24);1H. The van der Waals surface area contributed by atoms with Crippen molar-refractivity contribution in [1.29, 1.82) is 0 Å². The van der Waals surface area contributed by atoms with Crippen LogP contribution in [0.15, 0.2) is 29.3 Å². The lowest BCUT2D eigenvalue weighted by Crippen LogP contribution is -2.43. The highest BCUT2D eigenvalue weighted by molar-refractivity contribution is 14.0. The Morgan fingerprint density at radius 2 is 1.82 bits per heavy atom. The highest BCUT2D eigenvalue weighted by Crippen LogP contribution is 2.28. The molecule has 0 aromatic heterocycles. The Morgan fingerprint density at radius 1 is 1.11 bits per heavy atom. The van der Waals surface area contributed by atoms with Gasteiger partial charge in [-0.2, -0.15) is 0 Å². The highest BCUT2D eigenvalue weighted by Gasteiger charge is 2.29. The number of nitrogens with zero attached hydrogens (tertiary/aromatic N) is 2. The molecule has 1 fully saturated rings. The summed E-state index contributed by atoms with van der Waals surface area (Å²) in [5.74, 6) is 0.992. The molecule has 1 aromatic rings. The van der Waals surface area contributed by atoms with Gasteiger partial charge in [-0.1, -0.05) is 24.3 Å². The summed E-state index contributed by atoms with van der Waals surface area (Å²) in [6.45, 7) is 5.34. The lowest BCUT2D eigenvalue weighted by molar-refractivity contribution is -0.130. The normalized spacial score (nSPS) is 15.9. The van der Waals surface area contributed by atoms with E-state index in [-0.39, 0.29) is 48.3 Å². The van der Waals surface area contributed by atoms with E-state index in [1.165, 1.54) is 11.1 Å². The molecular weight excluding hydrogens is 469 g/mol. The topological polar surface area (TPSA) is 85.8 Å². The molecule has 1 aliphatic carbocycles. The molecule has 0 unspecified atom stereocenters. The molecule has 8 heteroatoms. The molecule has 1 aromatic carbocycles. The molecule has 0 atom stereocenters. The molecule has 154 valence electrons. The van der Waals surface area contributed by atoms with Gasteiger partial charge in [0.1, 0.15) is 6.54 Å². The van der Waals surface area contributed by atoms with Gasteiger partial charge in [-0.15, -0.1) is 24.0 Å². The van der Waals surface area contributed by atoms with Crippen molar-refractivity contribution in [2.75, 3.05) is 32.7 Å². The maximum Gasteiger partial charge on any atom is 0.244 e.